The number of rotatable bonds is 7. The summed E-state index contributed by atoms with van der Waals surface area (Å²) >= 11 is 0. The number of hydrogen-bond donors (Lipinski definition) is 1. The Morgan fingerprint density at radius 2 is 1.71 bits per heavy atom. The largest absolute Gasteiger partial charge is 0.385 e. The molecular weight excluding hydrogens is 256 g/mol. The molecule has 0 unspecified atom stereocenters. The lowest BCUT2D eigenvalue weighted by Gasteiger charge is -2.30. The molecule has 0 bridgehead atoms. The standard InChI is InChI=1S/C19H32N2/c1-4-17(5-2)14-20-19-8-6-18(7-9-19)15-21-12-10-16(3)11-13-21/h6-9,16-17,20H,4-5,10-15H2,1-3H3. The Morgan fingerprint density at radius 1 is 1.10 bits per heavy atom. The highest BCUT2D eigenvalue weighted by Crippen LogP contribution is 2.19. The van der Waals surface area contributed by atoms with Crippen LogP contribution in [0.4, 0.5) is 5.69 Å². The summed E-state index contributed by atoms with van der Waals surface area (Å²) in [5.41, 5.74) is 2.70. The molecule has 1 aliphatic rings. The molecule has 1 fully saturated rings. The van der Waals surface area contributed by atoms with Gasteiger partial charge in [-0.25, -0.2) is 0 Å². The van der Waals surface area contributed by atoms with Gasteiger partial charge in [0.15, 0.2) is 0 Å². The van der Waals surface area contributed by atoms with Crippen molar-refractivity contribution in [3.63, 3.8) is 0 Å². The molecule has 0 amide bonds. The first-order valence-corrected chi connectivity index (χ1v) is 8.76. The van der Waals surface area contributed by atoms with Crippen LogP contribution in [0, 0.1) is 11.8 Å². The van der Waals surface area contributed by atoms with Crippen LogP contribution in [0.3, 0.4) is 0 Å². The molecule has 1 aliphatic heterocycles. The maximum Gasteiger partial charge on any atom is 0.0340 e. The average molecular weight is 288 g/mol. The van der Waals surface area contributed by atoms with E-state index in [9.17, 15) is 0 Å². The van der Waals surface area contributed by atoms with Crippen LogP contribution in [0.1, 0.15) is 52.0 Å². The van der Waals surface area contributed by atoms with Crippen molar-refractivity contribution in [1.82, 2.24) is 4.90 Å². The van der Waals surface area contributed by atoms with Gasteiger partial charge >= 0.3 is 0 Å². The van der Waals surface area contributed by atoms with Gasteiger partial charge in [-0.3, -0.25) is 4.90 Å². The highest BCUT2D eigenvalue weighted by Gasteiger charge is 2.15. The molecule has 1 N–H and O–H groups in total. The molecule has 0 saturated carbocycles. The molecule has 118 valence electrons. The number of hydrogen-bond acceptors (Lipinski definition) is 2. The lowest BCUT2D eigenvalue weighted by Crippen LogP contribution is -2.32. The van der Waals surface area contributed by atoms with E-state index in [4.69, 9.17) is 0 Å². The van der Waals surface area contributed by atoms with Crippen LogP contribution in [0.15, 0.2) is 24.3 Å². The molecule has 2 nitrogen and oxygen atoms in total. The molecule has 1 heterocycles. The minimum atomic E-state index is 0.792. The Morgan fingerprint density at radius 3 is 2.29 bits per heavy atom. The summed E-state index contributed by atoms with van der Waals surface area (Å²) < 4.78 is 0. The van der Waals surface area contributed by atoms with Crippen molar-refractivity contribution in [2.75, 3.05) is 25.0 Å². The molecule has 1 aromatic rings. The van der Waals surface area contributed by atoms with Crippen LogP contribution >= 0.6 is 0 Å². The second-order valence-corrected chi connectivity index (χ2v) is 6.72. The Hall–Kier alpha value is -1.02. The van der Waals surface area contributed by atoms with Crippen molar-refractivity contribution in [3.8, 4) is 0 Å². The molecule has 0 aliphatic carbocycles. The smallest absolute Gasteiger partial charge is 0.0340 e. The third kappa shape index (κ3) is 5.35. The van der Waals surface area contributed by atoms with E-state index in [0.717, 1.165) is 24.9 Å². The average Bonchev–Trinajstić information content (AvgIpc) is 2.52. The van der Waals surface area contributed by atoms with Crippen LogP contribution in [0.5, 0.6) is 0 Å². The molecule has 0 aromatic heterocycles. The van der Waals surface area contributed by atoms with Gasteiger partial charge in [0, 0.05) is 18.8 Å². The van der Waals surface area contributed by atoms with Gasteiger partial charge in [0.05, 0.1) is 0 Å². The first-order chi connectivity index (χ1) is 10.2. The van der Waals surface area contributed by atoms with E-state index in [2.05, 4.69) is 55.3 Å². The van der Waals surface area contributed by atoms with Crippen LogP contribution in [-0.4, -0.2) is 24.5 Å². The third-order valence-corrected chi connectivity index (χ3v) is 4.99. The molecule has 1 aromatic carbocycles. The highest BCUT2D eigenvalue weighted by molar-refractivity contribution is 5.44. The lowest BCUT2D eigenvalue weighted by atomic mass is 9.99. The van der Waals surface area contributed by atoms with Gasteiger partial charge in [-0.15, -0.1) is 0 Å². The molecular formula is C19H32N2. The van der Waals surface area contributed by atoms with Crippen LogP contribution in [-0.2, 0) is 6.54 Å². The maximum absolute atomic E-state index is 3.57. The van der Waals surface area contributed by atoms with E-state index in [-0.39, 0.29) is 0 Å². The number of anilines is 1. The second kappa shape index (κ2) is 8.43. The number of nitrogens with zero attached hydrogens (tertiary/aromatic N) is 1. The van der Waals surface area contributed by atoms with Crippen molar-refractivity contribution in [1.29, 1.82) is 0 Å². The van der Waals surface area contributed by atoms with Crippen LogP contribution in [0.25, 0.3) is 0 Å². The maximum atomic E-state index is 3.57. The molecule has 0 spiro atoms. The first kappa shape index (κ1) is 16.4. The predicted molar refractivity (Wildman–Crippen MR) is 92.7 cm³/mol. The molecule has 21 heavy (non-hydrogen) atoms. The van der Waals surface area contributed by atoms with Gasteiger partial charge < -0.3 is 5.32 Å². The van der Waals surface area contributed by atoms with Gasteiger partial charge in [-0.05, 0) is 55.5 Å². The van der Waals surface area contributed by atoms with Crippen LogP contribution < -0.4 is 5.32 Å². The Bertz CT molecular complexity index is 387. The van der Waals surface area contributed by atoms with Crippen LogP contribution in [0.2, 0.25) is 0 Å². The Labute approximate surface area is 130 Å². The van der Waals surface area contributed by atoms with E-state index in [0.29, 0.717) is 0 Å². The minimum absolute atomic E-state index is 0.792. The number of piperidine rings is 1. The predicted octanol–water partition coefficient (Wildman–Crippen LogP) is 4.77. The quantitative estimate of drug-likeness (QED) is 0.777. The normalized spacial score (nSPS) is 17.3. The first-order valence-electron chi connectivity index (χ1n) is 8.76. The topological polar surface area (TPSA) is 15.3 Å². The molecule has 0 atom stereocenters. The monoisotopic (exact) mass is 288 g/mol. The fraction of sp³-hybridized carbons (Fsp3) is 0.684. The zero-order valence-electron chi connectivity index (χ0n) is 14.1. The SMILES string of the molecule is CCC(CC)CNc1ccc(CN2CCC(C)CC2)cc1. The Kier molecular flexibility index (Phi) is 6.56. The van der Waals surface area contributed by atoms with Gasteiger partial charge in [-0.1, -0.05) is 45.7 Å². The number of nitrogens with one attached hydrogen (secondary N) is 1. The van der Waals surface area contributed by atoms with Gasteiger partial charge in [0.25, 0.3) is 0 Å². The highest BCUT2D eigenvalue weighted by atomic mass is 15.1. The van der Waals surface area contributed by atoms with Crippen molar-refractivity contribution in [2.24, 2.45) is 11.8 Å². The lowest BCUT2D eigenvalue weighted by molar-refractivity contribution is 0.185. The summed E-state index contributed by atoms with van der Waals surface area (Å²) in [7, 11) is 0. The van der Waals surface area contributed by atoms with E-state index in [1.54, 1.807) is 0 Å². The van der Waals surface area contributed by atoms with Gasteiger partial charge in [0.1, 0.15) is 0 Å². The minimum Gasteiger partial charge on any atom is -0.385 e. The molecule has 2 heteroatoms. The zero-order valence-corrected chi connectivity index (χ0v) is 14.1. The van der Waals surface area contributed by atoms with Crippen molar-refractivity contribution >= 4 is 5.69 Å². The summed E-state index contributed by atoms with van der Waals surface area (Å²) in [6.45, 7) is 11.6. The summed E-state index contributed by atoms with van der Waals surface area (Å²) in [6.07, 6.45) is 5.23. The Balaban J connectivity index is 1.79. The third-order valence-electron chi connectivity index (χ3n) is 4.99. The van der Waals surface area contributed by atoms with Crippen molar-refractivity contribution in [3.05, 3.63) is 29.8 Å². The van der Waals surface area contributed by atoms with Gasteiger partial charge in [-0.2, -0.15) is 0 Å². The molecule has 0 radical (unpaired) electrons. The summed E-state index contributed by atoms with van der Waals surface area (Å²) in [6, 6.07) is 9.05. The van der Waals surface area contributed by atoms with E-state index < -0.39 is 0 Å². The van der Waals surface area contributed by atoms with Crippen molar-refractivity contribution in [2.45, 2.75) is 53.0 Å². The molecule has 1 saturated heterocycles. The van der Waals surface area contributed by atoms with Crippen molar-refractivity contribution < 1.29 is 0 Å². The van der Waals surface area contributed by atoms with E-state index >= 15 is 0 Å². The summed E-state index contributed by atoms with van der Waals surface area (Å²) in [5.74, 6) is 1.71. The van der Waals surface area contributed by atoms with E-state index in [1.165, 1.54) is 50.0 Å². The fourth-order valence-corrected chi connectivity index (χ4v) is 3.05. The number of likely N-dealkylation sites (tertiary alicyclic amines) is 1. The second-order valence-electron chi connectivity index (χ2n) is 6.72. The fourth-order valence-electron chi connectivity index (χ4n) is 3.05. The number of benzene rings is 1. The summed E-state index contributed by atoms with van der Waals surface area (Å²) in [5, 5.41) is 3.57. The van der Waals surface area contributed by atoms with Gasteiger partial charge in [0.2, 0.25) is 0 Å². The molecule has 2 rings (SSSR count). The van der Waals surface area contributed by atoms with E-state index in [1.807, 2.05) is 0 Å². The zero-order chi connectivity index (χ0) is 15.1. The summed E-state index contributed by atoms with van der Waals surface area (Å²) in [4.78, 5) is 2.59.